The second kappa shape index (κ2) is 9.94. The smallest absolute Gasteiger partial charge is 0.136 e. The number of pyridine rings is 2. The van der Waals surface area contributed by atoms with Gasteiger partial charge in [0.05, 0.1) is 28.9 Å². The zero-order chi connectivity index (χ0) is 38.7. The van der Waals surface area contributed by atoms with Gasteiger partial charge in [-0.3, -0.25) is 9.97 Å². The maximum absolute atomic E-state index is 6.83. The number of furan rings is 1. The molecule has 2 spiro atoms. The van der Waals surface area contributed by atoms with Gasteiger partial charge in [0.2, 0.25) is 0 Å². The van der Waals surface area contributed by atoms with Crippen LogP contribution in [-0.4, -0.2) is 14.4 Å². The predicted octanol–water partition coefficient (Wildman–Crippen LogP) is 14.3. The Bertz CT molecular complexity index is 3350. The van der Waals surface area contributed by atoms with Crippen LogP contribution in [0.5, 0.6) is 0 Å². The highest BCUT2D eigenvalue weighted by molar-refractivity contribution is 6.27. The van der Waals surface area contributed by atoms with Gasteiger partial charge in [-0.25, -0.2) is 0 Å². The average molecular weight is 778 g/mol. The summed E-state index contributed by atoms with van der Waals surface area (Å²) in [7, 11) is 0. The van der Waals surface area contributed by atoms with Crippen molar-refractivity contribution < 1.29 is 4.42 Å². The molecule has 0 amide bonds. The van der Waals surface area contributed by atoms with Crippen molar-refractivity contribution in [2.75, 3.05) is 0 Å². The fourth-order valence-electron chi connectivity index (χ4n) is 17.9. The number of fused-ring (bicyclic) bond motifs is 21. The fourth-order valence-corrected chi connectivity index (χ4v) is 17.9. The van der Waals surface area contributed by atoms with Crippen LogP contribution in [0.4, 0.5) is 0 Å². The highest BCUT2D eigenvalue weighted by Crippen LogP contribution is 2.78. The van der Waals surface area contributed by atoms with Gasteiger partial charge in [0.15, 0.2) is 0 Å². The zero-order valence-corrected chi connectivity index (χ0v) is 34.4. The highest BCUT2D eigenvalue weighted by Gasteiger charge is 2.67. The third-order valence-electron chi connectivity index (χ3n) is 19.9. The van der Waals surface area contributed by atoms with Crippen molar-refractivity contribution >= 4 is 60.0 Å². The Morgan fingerprint density at radius 1 is 0.550 bits per heavy atom. The monoisotopic (exact) mass is 777 g/mol. The maximum Gasteiger partial charge on any atom is 0.136 e. The Morgan fingerprint density at radius 2 is 1.12 bits per heavy atom. The van der Waals surface area contributed by atoms with E-state index in [1.54, 1.807) is 11.1 Å². The molecular weight excluding hydrogens is 731 g/mol. The van der Waals surface area contributed by atoms with Crippen molar-refractivity contribution in [3.05, 3.63) is 113 Å². The molecule has 6 bridgehead atoms. The molecule has 5 aromatic heterocycles. The molecule has 60 heavy (non-hydrogen) atoms. The Morgan fingerprint density at radius 3 is 1.73 bits per heavy atom. The van der Waals surface area contributed by atoms with Crippen molar-refractivity contribution in [3.8, 4) is 22.3 Å². The molecule has 6 saturated carbocycles. The maximum atomic E-state index is 6.83. The minimum Gasteiger partial charge on any atom is -0.456 e. The summed E-state index contributed by atoms with van der Waals surface area (Å²) in [5.41, 5.74) is 21.0. The molecule has 4 aromatic carbocycles. The van der Waals surface area contributed by atoms with Crippen molar-refractivity contribution in [2.45, 2.75) is 102 Å². The summed E-state index contributed by atoms with van der Waals surface area (Å²) in [5.74, 6) is 6.14. The number of aryl methyl sites for hydroxylation is 2. The van der Waals surface area contributed by atoms with Crippen LogP contribution < -0.4 is 0 Å². The fraction of sp³-hybridized carbons (Fsp3) is 0.393. The summed E-state index contributed by atoms with van der Waals surface area (Å²) in [4.78, 5) is 11.2. The zero-order valence-electron chi connectivity index (χ0n) is 34.4. The number of benzene rings is 4. The summed E-state index contributed by atoms with van der Waals surface area (Å²) < 4.78 is 9.49. The largest absolute Gasteiger partial charge is 0.456 e. The van der Waals surface area contributed by atoms with E-state index in [0.29, 0.717) is 34.5 Å². The third-order valence-corrected chi connectivity index (χ3v) is 19.9. The van der Waals surface area contributed by atoms with Crippen LogP contribution in [0, 0.1) is 48.3 Å². The van der Waals surface area contributed by atoms with E-state index in [9.17, 15) is 0 Å². The first kappa shape index (κ1) is 31.6. The van der Waals surface area contributed by atoms with E-state index in [-0.39, 0.29) is 0 Å². The Kier molecular flexibility index (Phi) is 5.24. The highest BCUT2D eigenvalue weighted by atomic mass is 16.3. The van der Waals surface area contributed by atoms with Crippen molar-refractivity contribution in [1.29, 1.82) is 0 Å². The number of nitrogens with zero attached hydrogens (tertiary/aromatic N) is 3. The van der Waals surface area contributed by atoms with Crippen LogP contribution in [0.25, 0.3) is 82.3 Å². The van der Waals surface area contributed by atoms with E-state index in [1.165, 1.54) is 158 Å². The molecule has 9 aromatic rings. The second-order valence-corrected chi connectivity index (χ2v) is 21.9. The molecule has 0 radical (unpaired) electrons. The van der Waals surface area contributed by atoms with E-state index in [2.05, 4.69) is 97.4 Å². The third kappa shape index (κ3) is 3.34. The van der Waals surface area contributed by atoms with Crippen LogP contribution in [0.2, 0.25) is 0 Å². The van der Waals surface area contributed by atoms with Crippen LogP contribution in [0.1, 0.15) is 122 Å². The molecule has 6 fully saturated rings. The summed E-state index contributed by atoms with van der Waals surface area (Å²) in [5, 5.41) is 8.31. The Labute approximate surface area is 348 Å². The van der Waals surface area contributed by atoms with Crippen LogP contribution in [0.15, 0.2) is 83.5 Å². The van der Waals surface area contributed by atoms with E-state index < -0.39 is 0 Å². The average Bonchev–Trinajstić information content (AvgIpc) is 4.09. The first-order valence-corrected chi connectivity index (χ1v) is 23.5. The summed E-state index contributed by atoms with van der Waals surface area (Å²) in [6.07, 6.45) is 18.5. The molecule has 10 atom stereocenters. The molecule has 0 N–H and O–H groups in total. The number of aromatic nitrogens is 3. The van der Waals surface area contributed by atoms with Gasteiger partial charge in [-0.15, -0.1) is 0 Å². The van der Waals surface area contributed by atoms with Gasteiger partial charge in [0.1, 0.15) is 11.2 Å². The minimum absolute atomic E-state index is 0.586. The lowest BCUT2D eigenvalue weighted by molar-refractivity contribution is 0.00321. The van der Waals surface area contributed by atoms with E-state index in [1.807, 2.05) is 0 Å². The number of hydrogen-bond donors (Lipinski definition) is 0. The number of rotatable bonds is 2. The molecule has 5 heterocycles. The van der Waals surface area contributed by atoms with Crippen LogP contribution in [-0.2, 0) is 0 Å². The first-order valence-electron chi connectivity index (χ1n) is 23.5. The number of para-hydroxylation sites is 1. The van der Waals surface area contributed by atoms with Crippen molar-refractivity contribution in [1.82, 2.24) is 14.4 Å². The lowest BCUT2D eigenvalue weighted by Gasteiger charge is -2.48. The topological polar surface area (TPSA) is 43.3 Å². The standard InChI is InChI=1S/C56H47N3O/c1-26-6-5-7-27(2)46(26)29-16-39(49-38-8-3-4-9-44(38)60-45(49)17-29)28-14-40-50-42(24-57-52-32-12-36-18-34-10-30(47(50)52)20-55(34,36)22-32)59-43-25-58-53-33-13-37-19-35-11-31(21-56(35,37)23-33)48(53)51(43)41(15-28)54(40)59/h3-9,14-17,24-25,30-37H,10-13,18-23H2,1-2H3. The predicted molar refractivity (Wildman–Crippen MR) is 240 cm³/mol. The van der Waals surface area contributed by atoms with Gasteiger partial charge < -0.3 is 8.82 Å². The molecule has 292 valence electrons. The summed E-state index contributed by atoms with van der Waals surface area (Å²) in [6, 6.07) is 25.5. The second-order valence-electron chi connectivity index (χ2n) is 21.9. The summed E-state index contributed by atoms with van der Waals surface area (Å²) >= 11 is 0. The van der Waals surface area contributed by atoms with Gasteiger partial charge in [0.25, 0.3) is 0 Å². The lowest BCUT2D eigenvalue weighted by atomic mass is 9.56. The molecule has 4 nitrogen and oxygen atoms in total. The summed E-state index contributed by atoms with van der Waals surface area (Å²) in [6.45, 7) is 4.52. The lowest BCUT2D eigenvalue weighted by Crippen LogP contribution is -2.41. The minimum atomic E-state index is 0.586. The Hall–Kier alpha value is -5.22. The van der Waals surface area contributed by atoms with E-state index in [0.717, 1.165) is 34.8 Å². The SMILES string of the molecule is Cc1cccc(C)c1-c1cc(-c2cc3c4c5c(ncc4n4c6cnc7c(c6c(c2)c34)C2CC3CC4CC7CC43C2)C2CC3CC4CC5CC34C2)c2c(c1)oc1ccccc12. The van der Waals surface area contributed by atoms with E-state index >= 15 is 0 Å². The molecule has 8 aliphatic rings. The van der Waals surface area contributed by atoms with Crippen molar-refractivity contribution in [2.24, 2.45) is 34.5 Å². The number of hydrogen-bond acceptors (Lipinski definition) is 3. The van der Waals surface area contributed by atoms with Crippen LogP contribution >= 0.6 is 0 Å². The molecule has 4 heteroatoms. The Balaban J connectivity index is 1.04. The quantitative estimate of drug-likeness (QED) is 0.176. The van der Waals surface area contributed by atoms with Gasteiger partial charge in [-0.1, -0.05) is 36.4 Å². The van der Waals surface area contributed by atoms with Crippen LogP contribution in [0.3, 0.4) is 0 Å². The van der Waals surface area contributed by atoms with Gasteiger partial charge in [0, 0.05) is 55.5 Å². The van der Waals surface area contributed by atoms with E-state index in [4.69, 9.17) is 14.4 Å². The van der Waals surface area contributed by atoms with Crippen molar-refractivity contribution in [3.63, 3.8) is 0 Å². The van der Waals surface area contributed by atoms with Gasteiger partial charge in [-0.05, 0) is 199 Å². The molecule has 10 unspecified atom stereocenters. The molecule has 17 rings (SSSR count). The molecule has 8 aliphatic carbocycles. The van der Waals surface area contributed by atoms with Gasteiger partial charge in [-0.2, -0.15) is 0 Å². The molecule has 0 aliphatic heterocycles. The first-order chi connectivity index (χ1) is 29.4. The normalized spacial score (nSPS) is 33.6. The van der Waals surface area contributed by atoms with Gasteiger partial charge >= 0.3 is 0 Å². The molecular formula is C56H47N3O. The molecule has 0 saturated heterocycles.